The van der Waals surface area contributed by atoms with Crippen LogP contribution in [-0.4, -0.2) is 23.5 Å². The van der Waals surface area contributed by atoms with E-state index < -0.39 is 10.0 Å². The summed E-state index contributed by atoms with van der Waals surface area (Å²) in [6, 6.07) is 15.7. The molecule has 8 nitrogen and oxygen atoms in total. The van der Waals surface area contributed by atoms with Crippen LogP contribution in [0.15, 0.2) is 76.4 Å². The summed E-state index contributed by atoms with van der Waals surface area (Å²) in [5, 5.41) is 9.31. The minimum Gasteiger partial charge on any atom is -0.489 e. The minimum atomic E-state index is -3.95. The molecule has 0 radical (unpaired) electrons. The van der Waals surface area contributed by atoms with Gasteiger partial charge in [-0.3, -0.25) is 4.98 Å². The van der Waals surface area contributed by atoms with Crippen LogP contribution in [0, 0.1) is 6.92 Å². The zero-order chi connectivity index (χ0) is 21.1. The summed E-state index contributed by atoms with van der Waals surface area (Å²) in [7, 11) is -3.95. The number of rotatable bonds is 6. The Hall–Kier alpha value is -3.56. The van der Waals surface area contributed by atoms with Crippen molar-refractivity contribution in [2.75, 3.05) is 0 Å². The lowest BCUT2D eigenvalue weighted by atomic mass is 10.1. The molecule has 2 aromatic heterocycles. The van der Waals surface area contributed by atoms with Gasteiger partial charge in [-0.1, -0.05) is 35.0 Å². The highest BCUT2D eigenvalue weighted by Crippen LogP contribution is 2.29. The fourth-order valence-electron chi connectivity index (χ4n) is 2.88. The fourth-order valence-corrected chi connectivity index (χ4v) is 3.59. The van der Waals surface area contributed by atoms with Gasteiger partial charge in [0.2, 0.25) is 15.8 Å². The summed E-state index contributed by atoms with van der Waals surface area (Å²) in [6.45, 7) is 2.20. The summed E-state index contributed by atoms with van der Waals surface area (Å²) in [5.74, 6) is 1.00. The zero-order valence-corrected chi connectivity index (χ0v) is 16.8. The molecule has 0 atom stereocenters. The third-order valence-electron chi connectivity index (χ3n) is 4.32. The highest BCUT2D eigenvalue weighted by molar-refractivity contribution is 7.89. The topological polar surface area (TPSA) is 121 Å². The van der Waals surface area contributed by atoms with Crippen LogP contribution in [0.3, 0.4) is 0 Å². The number of ether oxygens (including phenoxy) is 1. The maximum Gasteiger partial charge on any atom is 0.259 e. The van der Waals surface area contributed by atoms with Crippen molar-refractivity contribution in [3.05, 3.63) is 78.1 Å². The van der Waals surface area contributed by atoms with Crippen molar-refractivity contribution in [1.29, 1.82) is 0 Å². The third-order valence-corrected chi connectivity index (χ3v) is 5.29. The van der Waals surface area contributed by atoms with E-state index in [-0.39, 0.29) is 16.3 Å². The van der Waals surface area contributed by atoms with Gasteiger partial charge in [0.1, 0.15) is 12.4 Å². The third kappa shape index (κ3) is 4.37. The predicted octanol–water partition coefficient (Wildman–Crippen LogP) is 3.33. The van der Waals surface area contributed by atoms with E-state index >= 15 is 0 Å². The molecule has 0 saturated heterocycles. The number of sulfonamides is 1. The normalized spacial score (nSPS) is 11.4. The van der Waals surface area contributed by atoms with E-state index in [1.165, 1.54) is 6.07 Å². The lowest BCUT2D eigenvalue weighted by Gasteiger charge is -2.06. The Morgan fingerprint density at radius 1 is 1.10 bits per heavy atom. The molecule has 9 heteroatoms. The summed E-state index contributed by atoms with van der Waals surface area (Å²) in [4.78, 5) is 8.35. The summed E-state index contributed by atoms with van der Waals surface area (Å²) < 4.78 is 35.0. The monoisotopic (exact) mass is 422 g/mol. The Morgan fingerprint density at radius 3 is 2.73 bits per heavy atom. The standard InChI is InChI=1S/C21H18N4O4S/c1-14-7-8-19(30(22,26)27)18(10-14)21-24-20(25-29-21)16-5-2-6-17(11-16)28-13-15-4-3-9-23-12-15/h2-12H,13H2,1H3,(H2,22,26,27). The van der Waals surface area contributed by atoms with Gasteiger partial charge in [0.25, 0.3) is 5.89 Å². The maximum atomic E-state index is 11.9. The van der Waals surface area contributed by atoms with E-state index in [0.717, 1.165) is 11.1 Å². The lowest BCUT2D eigenvalue weighted by Crippen LogP contribution is -2.13. The molecule has 0 aliphatic carbocycles. The SMILES string of the molecule is Cc1ccc(S(N)(=O)=O)c(-c2nc(-c3cccc(OCc4cccnc4)c3)no2)c1. The summed E-state index contributed by atoms with van der Waals surface area (Å²) in [6.07, 6.45) is 3.44. The van der Waals surface area contributed by atoms with Crippen LogP contribution in [0.1, 0.15) is 11.1 Å². The van der Waals surface area contributed by atoms with Crippen molar-refractivity contribution in [3.8, 4) is 28.6 Å². The van der Waals surface area contributed by atoms with Gasteiger partial charge >= 0.3 is 0 Å². The van der Waals surface area contributed by atoms with E-state index in [4.69, 9.17) is 14.4 Å². The van der Waals surface area contributed by atoms with Gasteiger partial charge in [-0.05, 0) is 37.3 Å². The molecule has 2 heterocycles. The quantitative estimate of drug-likeness (QED) is 0.506. The van der Waals surface area contributed by atoms with Crippen LogP contribution in [0.2, 0.25) is 0 Å². The molecule has 0 spiro atoms. The van der Waals surface area contributed by atoms with Crippen LogP contribution in [0.25, 0.3) is 22.8 Å². The van der Waals surface area contributed by atoms with Gasteiger partial charge in [0, 0.05) is 23.5 Å². The number of hydrogen-bond acceptors (Lipinski definition) is 7. The second-order valence-corrected chi connectivity index (χ2v) is 8.18. The van der Waals surface area contributed by atoms with Crippen LogP contribution in [-0.2, 0) is 16.6 Å². The Morgan fingerprint density at radius 2 is 1.97 bits per heavy atom. The van der Waals surface area contributed by atoms with Gasteiger partial charge < -0.3 is 9.26 Å². The van der Waals surface area contributed by atoms with E-state index in [1.54, 1.807) is 30.6 Å². The van der Waals surface area contributed by atoms with Crippen molar-refractivity contribution in [2.45, 2.75) is 18.4 Å². The molecule has 2 aromatic carbocycles. The molecule has 0 fully saturated rings. The smallest absolute Gasteiger partial charge is 0.259 e. The van der Waals surface area contributed by atoms with Crippen molar-refractivity contribution in [1.82, 2.24) is 15.1 Å². The number of aryl methyl sites for hydroxylation is 1. The molecule has 0 bridgehead atoms. The highest BCUT2D eigenvalue weighted by atomic mass is 32.2. The van der Waals surface area contributed by atoms with Crippen LogP contribution >= 0.6 is 0 Å². The highest BCUT2D eigenvalue weighted by Gasteiger charge is 2.20. The maximum absolute atomic E-state index is 11.9. The summed E-state index contributed by atoms with van der Waals surface area (Å²) >= 11 is 0. The van der Waals surface area contributed by atoms with Crippen molar-refractivity contribution in [3.63, 3.8) is 0 Å². The Kier molecular flexibility index (Phi) is 5.30. The number of nitrogens with zero attached hydrogens (tertiary/aromatic N) is 3. The molecule has 4 aromatic rings. The molecule has 0 unspecified atom stereocenters. The van der Waals surface area contributed by atoms with E-state index in [9.17, 15) is 8.42 Å². The number of benzene rings is 2. The number of primary sulfonamides is 1. The van der Waals surface area contributed by atoms with E-state index in [2.05, 4.69) is 15.1 Å². The minimum absolute atomic E-state index is 0.0689. The molecule has 0 aliphatic heterocycles. The number of aromatic nitrogens is 3. The molecule has 4 rings (SSSR count). The van der Waals surface area contributed by atoms with Crippen molar-refractivity contribution < 1.29 is 17.7 Å². The largest absolute Gasteiger partial charge is 0.489 e. The first kappa shape index (κ1) is 19.7. The molecular weight excluding hydrogens is 404 g/mol. The van der Waals surface area contributed by atoms with Gasteiger partial charge in [0.05, 0.1) is 10.5 Å². The average molecular weight is 422 g/mol. The second kappa shape index (κ2) is 8.05. The summed E-state index contributed by atoms with van der Waals surface area (Å²) in [5.41, 5.74) is 2.71. The van der Waals surface area contributed by atoms with Gasteiger partial charge in [-0.15, -0.1) is 0 Å². The molecular formula is C21H18N4O4S. The average Bonchev–Trinajstić information content (AvgIpc) is 3.23. The fraction of sp³-hybridized carbons (Fsp3) is 0.0952. The second-order valence-electron chi connectivity index (χ2n) is 6.65. The Bertz CT molecular complexity index is 1290. The Balaban J connectivity index is 1.62. The lowest BCUT2D eigenvalue weighted by molar-refractivity contribution is 0.306. The van der Waals surface area contributed by atoms with Crippen LogP contribution < -0.4 is 9.88 Å². The van der Waals surface area contributed by atoms with E-state index in [0.29, 0.717) is 23.7 Å². The molecule has 0 saturated carbocycles. The molecule has 0 amide bonds. The first-order chi connectivity index (χ1) is 14.4. The number of pyridine rings is 1. The van der Waals surface area contributed by atoms with Crippen molar-refractivity contribution >= 4 is 10.0 Å². The van der Waals surface area contributed by atoms with Gasteiger partial charge in [0.15, 0.2) is 0 Å². The van der Waals surface area contributed by atoms with E-state index in [1.807, 2.05) is 37.3 Å². The molecule has 152 valence electrons. The number of hydrogen-bond donors (Lipinski definition) is 1. The molecule has 2 N–H and O–H groups in total. The van der Waals surface area contributed by atoms with Gasteiger partial charge in [-0.25, -0.2) is 13.6 Å². The predicted molar refractivity (Wildman–Crippen MR) is 110 cm³/mol. The molecule has 30 heavy (non-hydrogen) atoms. The van der Waals surface area contributed by atoms with Crippen LogP contribution in [0.5, 0.6) is 5.75 Å². The van der Waals surface area contributed by atoms with Crippen molar-refractivity contribution in [2.24, 2.45) is 5.14 Å². The first-order valence-electron chi connectivity index (χ1n) is 9.00. The Labute approximate surface area is 173 Å². The number of nitrogens with two attached hydrogens (primary N) is 1. The van der Waals surface area contributed by atoms with Gasteiger partial charge in [-0.2, -0.15) is 4.98 Å². The molecule has 0 aliphatic rings. The zero-order valence-electron chi connectivity index (χ0n) is 16.0. The first-order valence-corrected chi connectivity index (χ1v) is 10.5. The van der Waals surface area contributed by atoms with Crippen LogP contribution in [0.4, 0.5) is 0 Å².